The summed E-state index contributed by atoms with van der Waals surface area (Å²) >= 11 is 0. The van der Waals surface area contributed by atoms with Gasteiger partial charge in [0.25, 0.3) is 10.2 Å². The molecule has 1 saturated carbocycles. The Morgan fingerprint density at radius 1 is 1.26 bits per heavy atom. The van der Waals surface area contributed by atoms with Gasteiger partial charge in [-0.2, -0.15) is 17.4 Å². The Bertz CT molecular complexity index is 370. The van der Waals surface area contributed by atoms with E-state index in [1.165, 1.54) is 0 Å². The Balaban J connectivity index is 1.87. The Morgan fingerprint density at radius 2 is 2.05 bits per heavy atom. The predicted octanol–water partition coefficient (Wildman–Crippen LogP) is 0.0737. The zero-order chi connectivity index (χ0) is 13.7. The molecule has 6 nitrogen and oxygen atoms in total. The molecule has 0 bridgehead atoms. The lowest BCUT2D eigenvalue weighted by molar-refractivity contribution is 0.191. The topological polar surface area (TPSA) is 70.7 Å². The Labute approximate surface area is 116 Å². The molecular formula is C12H25N3O3S. The third-order valence-electron chi connectivity index (χ3n) is 3.64. The summed E-state index contributed by atoms with van der Waals surface area (Å²) in [5.74, 6) is 0. The van der Waals surface area contributed by atoms with Gasteiger partial charge in [-0.25, -0.2) is 0 Å². The summed E-state index contributed by atoms with van der Waals surface area (Å²) in [6.07, 6.45) is 4.95. The third kappa shape index (κ3) is 4.68. The number of rotatable bonds is 8. The van der Waals surface area contributed by atoms with E-state index in [1.54, 1.807) is 11.4 Å². The summed E-state index contributed by atoms with van der Waals surface area (Å²) in [5.41, 5.74) is 0. The van der Waals surface area contributed by atoms with E-state index in [0.717, 1.165) is 38.6 Å². The van der Waals surface area contributed by atoms with Crippen LogP contribution in [0.5, 0.6) is 0 Å². The second-order valence-corrected chi connectivity index (χ2v) is 7.01. The van der Waals surface area contributed by atoms with Crippen LogP contribution in [0.4, 0.5) is 0 Å². The first-order chi connectivity index (χ1) is 9.13. The number of nitrogens with zero attached hydrogens (tertiary/aromatic N) is 1. The molecule has 0 aromatic rings. The molecule has 0 aromatic carbocycles. The zero-order valence-electron chi connectivity index (χ0n) is 11.6. The first-order valence-electron chi connectivity index (χ1n) is 7.12. The van der Waals surface area contributed by atoms with Crippen LogP contribution in [0.1, 0.15) is 32.1 Å². The molecule has 1 unspecified atom stereocenters. The van der Waals surface area contributed by atoms with Crippen molar-refractivity contribution in [3.05, 3.63) is 0 Å². The molecule has 1 aliphatic heterocycles. The molecule has 0 radical (unpaired) electrons. The van der Waals surface area contributed by atoms with Crippen LogP contribution in [-0.2, 0) is 14.9 Å². The van der Waals surface area contributed by atoms with Crippen LogP contribution in [0.2, 0.25) is 0 Å². The lowest BCUT2D eigenvalue weighted by Crippen LogP contribution is -2.53. The van der Waals surface area contributed by atoms with Crippen molar-refractivity contribution < 1.29 is 13.2 Å². The summed E-state index contributed by atoms with van der Waals surface area (Å²) < 4.78 is 34.0. The molecule has 2 N–H and O–H groups in total. The van der Waals surface area contributed by atoms with Gasteiger partial charge < -0.3 is 10.1 Å². The van der Waals surface area contributed by atoms with Gasteiger partial charge >= 0.3 is 0 Å². The lowest BCUT2D eigenvalue weighted by atomic mass is 10.1. The molecule has 2 aliphatic rings. The van der Waals surface area contributed by atoms with Crippen LogP contribution in [0, 0.1) is 0 Å². The first-order valence-corrected chi connectivity index (χ1v) is 8.56. The van der Waals surface area contributed by atoms with Crippen LogP contribution in [0.15, 0.2) is 0 Å². The highest BCUT2D eigenvalue weighted by Crippen LogP contribution is 2.24. The maximum Gasteiger partial charge on any atom is 0.279 e. The fourth-order valence-electron chi connectivity index (χ4n) is 2.42. The fraction of sp³-hybridized carbons (Fsp3) is 1.00. The molecular weight excluding hydrogens is 266 g/mol. The Kier molecular flexibility index (Phi) is 5.58. The van der Waals surface area contributed by atoms with Gasteiger partial charge in [-0.05, 0) is 25.7 Å². The van der Waals surface area contributed by atoms with Crippen molar-refractivity contribution in [2.24, 2.45) is 0 Å². The minimum absolute atomic E-state index is 0.0712. The van der Waals surface area contributed by atoms with Crippen molar-refractivity contribution in [2.45, 2.75) is 44.2 Å². The van der Waals surface area contributed by atoms with Crippen molar-refractivity contribution in [1.82, 2.24) is 14.3 Å². The van der Waals surface area contributed by atoms with Crippen molar-refractivity contribution in [3.8, 4) is 0 Å². The summed E-state index contributed by atoms with van der Waals surface area (Å²) in [6.45, 7) is 2.75. The van der Waals surface area contributed by atoms with E-state index in [0.29, 0.717) is 19.7 Å². The number of hydrogen-bond acceptors (Lipinski definition) is 4. The molecule has 2 fully saturated rings. The first kappa shape index (κ1) is 15.2. The van der Waals surface area contributed by atoms with Crippen LogP contribution in [0.3, 0.4) is 0 Å². The van der Waals surface area contributed by atoms with E-state index >= 15 is 0 Å². The van der Waals surface area contributed by atoms with Gasteiger partial charge in [0.15, 0.2) is 0 Å². The highest BCUT2D eigenvalue weighted by Gasteiger charge is 2.35. The molecule has 0 aromatic heterocycles. The smallest absolute Gasteiger partial charge is 0.279 e. The average Bonchev–Trinajstić information content (AvgIpc) is 3.18. The normalized spacial score (nSPS) is 25.6. The zero-order valence-corrected chi connectivity index (χ0v) is 12.4. The number of hydrogen-bond donors (Lipinski definition) is 2. The van der Waals surface area contributed by atoms with Crippen LogP contribution in [0.25, 0.3) is 0 Å². The van der Waals surface area contributed by atoms with Crippen molar-refractivity contribution in [2.75, 3.05) is 33.4 Å². The summed E-state index contributed by atoms with van der Waals surface area (Å²) in [7, 11) is -1.63. The fourth-order valence-corrected chi connectivity index (χ4v) is 4.15. The van der Waals surface area contributed by atoms with E-state index < -0.39 is 10.2 Å². The second-order valence-electron chi connectivity index (χ2n) is 5.35. The quantitative estimate of drug-likeness (QED) is 0.621. The van der Waals surface area contributed by atoms with Crippen molar-refractivity contribution in [1.29, 1.82) is 0 Å². The molecule has 19 heavy (non-hydrogen) atoms. The summed E-state index contributed by atoms with van der Waals surface area (Å²) in [5, 5.41) is 3.27. The van der Waals surface area contributed by atoms with Crippen LogP contribution < -0.4 is 10.0 Å². The molecule has 7 heteroatoms. The lowest BCUT2D eigenvalue weighted by Gasteiger charge is -2.34. The molecule has 112 valence electrons. The number of piperidine rings is 1. The Morgan fingerprint density at radius 3 is 2.74 bits per heavy atom. The third-order valence-corrected chi connectivity index (χ3v) is 5.37. The molecule has 1 saturated heterocycles. The Hall–Kier alpha value is -0.210. The molecule has 1 atom stereocenters. The summed E-state index contributed by atoms with van der Waals surface area (Å²) in [6, 6.07) is 0.246. The number of ether oxygens (including phenoxy) is 1. The molecule has 2 rings (SSSR count). The average molecular weight is 291 g/mol. The van der Waals surface area contributed by atoms with Crippen LogP contribution >= 0.6 is 0 Å². The van der Waals surface area contributed by atoms with Gasteiger partial charge in [0.2, 0.25) is 0 Å². The van der Waals surface area contributed by atoms with Gasteiger partial charge in [0, 0.05) is 38.8 Å². The minimum Gasteiger partial charge on any atom is -0.383 e. The van der Waals surface area contributed by atoms with Crippen molar-refractivity contribution >= 4 is 10.2 Å². The predicted molar refractivity (Wildman–Crippen MR) is 74.2 cm³/mol. The maximum atomic E-state index is 12.3. The van der Waals surface area contributed by atoms with Gasteiger partial charge in [-0.15, -0.1) is 0 Å². The van der Waals surface area contributed by atoms with E-state index in [4.69, 9.17) is 4.74 Å². The van der Waals surface area contributed by atoms with Crippen molar-refractivity contribution in [3.63, 3.8) is 0 Å². The SMILES string of the molecule is COCCNCC1CCCCN1S(=O)(=O)NC1CC1. The molecule has 0 spiro atoms. The standard InChI is InChI=1S/C12H25N3O3S/c1-18-9-7-13-10-12-4-2-3-8-15(12)19(16,17)14-11-5-6-11/h11-14H,2-10H2,1H3. The van der Waals surface area contributed by atoms with Crippen LogP contribution in [-0.4, -0.2) is 58.2 Å². The van der Waals surface area contributed by atoms with E-state index in [1.807, 2.05) is 0 Å². The van der Waals surface area contributed by atoms with Gasteiger partial charge in [0.05, 0.1) is 6.61 Å². The molecule has 1 heterocycles. The number of methoxy groups -OCH3 is 1. The highest BCUT2D eigenvalue weighted by atomic mass is 32.2. The van der Waals surface area contributed by atoms with Gasteiger partial charge in [0.1, 0.15) is 0 Å². The monoisotopic (exact) mass is 291 g/mol. The molecule has 0 amide bonds. The van der Waals surface area contributed by atoms with E-state index in [9.17, 15) is 8.42 Å². The van der Waals surface area contributed by atoms with Gasteiger partial charge in [-0.1, -0.05) is 6.42 Å². The highest BCUT2D eigenvalue weighted by molar-refractivity contribution is 7.87. The molecule has 1 aliphatic carbocycles. The minimum atomic E-state index is -3.30. The van der Waals surface area contributed by atoms with E-state index in [-0.39, 0.29) is 12.1 Å². The largest absolute Gasteiger partial charge is 0.383 e. The van der Waals surface area contributed by atoms with E-state index in [2.05, 4.69) is 10.0 Å². The number of nitrogens with one attached hydrogen (secondary N) is 2. The summed E-state index contributed by atoms with van der Waals surface area (Å²) in [4.78, 5) is 0. The maximum absolute atomic E-state index is 12.3. The van der Waals surface area contributed by atoms with Gasteiger partial charge in [-0.3, -0.25) is 0 Å². The second kappa shape index (κ2) is 6.99.